The smallest absolute Gasteiger partial charge is 0.236 e. The lowest BCUT2D eigenvalue weighted by molar-refractivity contribution is -0.131. The minimum absolute atomic E-state index is 0.00426. The van der Waals surface area contributed by atoms with Crippen LogP contribution < -0.4 is 0 Å². The van der Waals surface area contributed by atoms with Crippen LogP contribution in [0.5, 0.6) is 0 Å². The van der Waals surface area contributed by atoms with Gasteiger partial charge in [0, 0.05) is 12.5 Å². The zero-order chi connectivity index (χ0) is 13.4. The molecular weight excluding hydrogens is 262 g/mol. The van der Waals surface area contributed by atoms with E-state index in [-0.39, 0.29) is 17.2 Å². The van der Waals surface area contributed by atoms with Crippen LogP contribution in [0.15, 0.2) is 4.52 Å². The van der Waals surface area contributed by atoms with E-state index in [0.29, 0.717) is 11.7 Å². The molecule has 1 amide bonds. The second-order valence-corrected chi connectivity index (χ2v) is 6.51. The van der Waals surface area contributed by atoms with Gasteiger partial charge in [0.2, 0.25) is 11.8 Å². The Kier molecular flexibility index (Phi) is 3.52. The molecule has 1 aliphatic carbocycles. The van der Waals surface area contributed by atoms with Gasteiger partial charge >= 0.3 is 0 Å². The molecule has 0 bridgehead atoms. The summed E-state index contributed by atoms with van der Waals surface area (Å²) in [4.78, 5) is 18.7. The zero-order valence-electron chi connectivity index (χ0n) is 11.3. The van der Waals surface area contributed by atoms with E-state index in [1.807, 2.05) is 18.1 Å². The Bertz CT molecular complexity index is 472. The molecule has 1 aliphatic heterocycles. The van der Waals surface area contributed by atoms with Crippen molar-refractivity contribution in [3.63, 3.8) is 0 Å². The van der Waals surface area contributed by atoms with E-state index in [1.165, 1.54) is 0 Å². The first-order valence-electron chi connectivity index (χ1n) is 6.87. The Morgan fingerprint density at radius 1 is 1.47 bits per heavy atom. The van der Waals surface area contributed by atoms with Crippen molar-refractivity contribution in [2.24, 2.45) is 0 Å². The average Bonchev–Trinajstić information content (AvgIpc) is 2.97. The number of aromatic nitrogens is 2. The highest BCUT2D eigenvalue weighted by atomic mass is 32.2. The van der Waals surface area contributed by atoms with Crippen molar-refractivity contribution in [1.82, 2.24) is 15.0 Å². The van der Waals surface area contributed by atoms with Crippen LogP contribution in [0.4, 0.5) is 0 Å². The predicted molar refractivity (Wildman–Crippen MR) is 72.9 cm³/mol. The molecular formula is C13H19N3O2S. The SMILES string of the molecule is CS[C@@H](C)C(=O)N1CCC[C@H]1c1noc(C2CC2)n1. The van der Waals surface area contributed by atoms with Gasteiger partial charge in [-0.3, -0.25) is 4.79 Å². The fraction of sp³-hybridized carbons (Fsp3) is 0.769. The zero-order valence-corrected chi connectivity index (χ0v) is 12.2. The van der Waals surface area contributed by atoms with Crippen LogP contribution in [0.3, 0.4) is 0 Å². The lowest BCUT2D eigenvalue weighted by atomic mass is 10.2. The maximum absolute atomic E-state index is 12.3. The second-order valence-electron chi connectivity index (χ2n) is 5.33. The maximum atomic E-state index is 12.3. The first-order chi connectivity index (χ1) is 9.20. The second kappa shape index (κ2) is 5.15. The molecule has 0 spiro atoms. The topological polar surface area (TPSA) is 59.2 Å². The molecule has 2 aliphatic rings. The molecule has 2 heterocycles. The fourth-order valence-electron chi connectivity index (χ4n) is 2.51. The highest BCUT2D eigenvalue weighted by Crippen LogP contribution is 2.40. The largest absolute Gasteiger partial charge is 0.339 e. The standard InChI is InChI=1S/C13H19N3O2S/c1-8(19-2)13(17)16-7-3-4-10(16)11-14-12(18-15-11)9-5-6-9/h8-10H,3-7H2,1-2H3/t8-,10-/m0/s1. The molecule has 6 heteroatoms. The van der Waals surface area contributed by atoms with Crippen molar-refractivity contribution in [3.8, 4) is 0 Å². The molecule has 2 fully saturated rings. The monoisotopic (exact) mass is 281 g/mol. The number of thioether (sulfide) groups is 1. The number of nitrogens with zero attached hydrogens (tertiary/aromatic N) is 3. The number of likely N-dealkylation sites (tertiary alicyclic amines) is 1. The number of hydrogen-bond donors (Lipinski definition) is 0. The summed E-state index contributed by atoms with van der Waals surface area (Å²) in [6.45, 7) is 2.76. The van der Waals surface area contributed by atoms with Crippen molar-refractivity contribution in [2.45, 2.75) is 49.8 Å². The summed E-state index contributed by atoms with van der Waals surface area (Å²) in [5.74, 6) is 2.11. The normalized spacial score (nSPS) is 24.7. The number of rotatable bonds is 4. The fourth-order valence-corrected chi connectivity index (χ4v) is 2.85. The first kappa shape index (κ1) is 13.0. The minimum Gasteiger partial charge on any atom is -0.339 e. The van der Waals surface area contributed by atoms with Crippen LogP contribution in [0, 0.1) is 0 Å². The molecule has 1 saturated heterocycles. The summed E-state index contributed by atoms with van der Waals surface area (Å²) < 4.78 is 5.31. The molecule has 104 valence electrons. The lowest BCUT2D eigenvalue weighted by Crippen LogP contribution is -2.36. The van der Waals surface area contributed by atoms with Crippen molar-refractivity contribution in [2.75, 3.05) is 12.8 Å². The Morgan fingerprint density at radius 3 is 2.95 bits per heavy atom. The third-order valence-corrected chi connectivity index (χ3v) is 4.83. The lowest BCUT2D eigenvalue weighted by Gasteiger charge is -2.24. The molecule has 0 aromatic carbocycles. The van der Waals surface area contributed by atoms with Crippen molar-refractivity contribution in [1.29, 1.82) is 0 Å². The van der Waals surface area contributed by atoms with Crippen molar-refractivity contribution >= 4 is 17.7 Å². The van der Waals surface area contributed by atoms with Crippen molar-refractivity contribution < 1.29 is 9.32 Å². The molecule has 1 aromatic rings. The van der Waals surface area contributed by atoms with Gasteiger partial charge in [-0.15, -0.1) is 0 Å². The quantitative estimate of drug-likeness (QED) is 0.848. The van der Waals surface area contributed by atoms with E-state index in [0.717, 1.165) is 38.1 Å². The van der Waals surface area contributed by atoms with E-state index in [1.54, 1.807) is 11.8 Å². The van der Waals surface area contributed by atoms with Crippen LogP contribution in [0.25, 0.3) is 0 Å². The molecule has 1 aromatic heterocycles. The number of amides is 1. The molecule has 0 radical (unpaired) electrons. The number of carbonyl (C=O) groups is 1. The van der Waals surface area contributed by atoms with Crippen LogP contribution in [0.2, 0.25) is 0 Å². The van der Waals surface area contributed by atoms with Gasteiger partial charge in [0.25, 0.3) is 0 Å². The van der Waals surface area contributed by atoms with Gasteiger partial charge < -0.3 is 9.42 Å². The first-order valence-corrected chi connectivity index (χ1v) is 8.16. The van der Waals surface area contributed by atoms with E-state index < -0.39 is 0 Å². The molecule has 19 heavy (non-hydrogen) atoms. The van der Waals surface area contributed by atoms with Crippen LogP contribution in [0.1, 0.15) is 56.3 Å². The summed E-state index contributed by atoms with van der Waals surface area (Å²) in [7, 11) is 0. The van der Waals surface area contributed by atoms with Gasteiger partial charge in [-0.1, -0.05) is 5.16 Å². The Labute approximate surface area is 117 Å². The van der Waals surface area contributed by atoms with Gasteiger partial charge in [0.05, 0.1) is 11.3 Å². The van der Waals surface area contributed by atoms with E-state index in [2.05, 4.69) is 10.1 Å². The molecule has 3 rings (SSSR count). The van der Waals surface area contributed by atoms with E-state index in [4.69, 9.17) is 4.52 Å². The number of hydrogen-bond acceptors (Lipinski definition) is 5. The summed E-state index contributed by atoms with van der Waals surface area (Å²) in [5.41, 5.74) is 0. The van der Waals surface area contributed by atoms with Crippen molar-refractivity contribution in [3.05, 3.63) is 11.7 Å². The Morgan fingerprint density at radius 2 is 2.26 bits per heavy atom. The van der Waals surface area contributed by atoms with Crippen LogP contribution in [-0.4, -0.2) is 39.0 Å². The molecule has 0 N–H and O–H groups in total. The Hall–Kier alpha value is -1.04. The minimum atomic E-state index is -0.00426. The van der Waals surface area contributed by atoms with E-state index >= 15 is 0 Å². The summed E-state index contributed by atoms with van der Waals surface area (Å²) in [6, 6.07) is 0.0124. The summed E-state index contributed by atoms with van der Waals surface area (Å²) in [5, 5.41) is 4.09. The van der Waals surface area contributed by atoms with Crippen LogP contribution in [-0.2, 0) is 4.79 Å². The maximum Gasteiger partial charge on any atom is 0.236 e. The molecule has 5 nitrogen and oxygen atoms in total. The Balaban J connectivity index is 1.76. The molecule has 2 atom stereocenters. The third-order valence-electron chi connectivity index (χ3n) is 3.92. The highest BCUT2D eigenvalue weighted by Gasteiger charge is 2.37. The average molecular weight is 281 g/mol. The van der Waals surface area contributed by atoms with Gasteiger partial charge in [-0.25, -0.2) is 0 Å². The van der Waals surface area contributed by atoms with Gasteiger partial charge in [-0.2, -0.15) is 16.7 Å². The molecule has 0 unspecified atom stereocenters. The van der Waals surface area contributed by atoms with Gasteiger partial charge in [-0.05, 0) is 38.9 Å². The van der Waals surface area contributed by atoms with E-state index in [9.17, 15) is 4.79 Å². The summed E-state index contributed by atoms with van der Waals surface area (Å²) in [6.07, 6.45) is 6.23. The predicted octanol–water partition coefficient (Wildman–Crippen LogP) is 2.36. The number of carbonyl (C=O) groups excluding carboxylic acids is 1. The van der Waals surface area contributed by atoms with Gasteiger partial charge in [0.15, 0.2) is 5.82 Å². The third kappa shape index (κ3) is 2.50. The molecule has 1 saturated carbocycles. The summed E-state index contributed by atoms with van der Waals surface area (Å²) >= 11 is 1.58. The van der Waals surface area contributed by atoms with Crippen LogP contribution >= 0.6 is 11.8 Å². The highest BCUT2D eigenvalue weighted by molar-refractivity contribution is 7.99. The van der Waals surface area contributed by atoms with Gasteiger partial charge in [0.1, 0.15) is 0 Å².